The quantitative estimate of drug-likeness (QED) is 0.115. The number of rotatable bonds is 13. The van der Waals surface area contributed by atoms with Crippen LogP contribution in [0.4, 0.5) is 16.2 Å². The maximum Gasteiger partial charge on any atom is 0.414 e. The molecule has 53 heavy (non-hydrogen) atoms. The third-order valence-electron chi connectivity index (χ3n) is 10.8. The molecule has 286 valence electrons. The van der Waals surface area contributed by atoms with E-state index in [-0.39, 0.29) is 16.6 Å². The molecule has 0 saturated heterocycles. The summed E-state index contributed by atoms with van der Waals surface area (Å²) in [5, 5.41) is 0. The van der Waals surface area contributed by atoms with Crippen LogP contribution in [-0.2, 0) is 25.7 Å². The van der Waals surface area contributed by atoms with Crippen LogP contribution in [0, 0.1) is 0 Å². The number of amides is 1. The molecule has 0 aromatic heterocycles. The number of fused-ring (bicyclic) bond motifs is 2. The van der Waals surface area contributed by atoms with Crippen LogP contribution in [0.25, 0.3) is 0 Å². The van der Waals surface area contributed by atoms with Gasteiger partial charge < -0.3 is 14.2 Å². The smallest absolute Gasteiger partial charge is 0.414 e. The third kappa shape index (κ3) is 8.89. The lowest BCUT2D eigenvalue weighted by atomic mass is 9.81. The van der Waals surface area contributed by atoms with E-state index in [1.165, 1.54) is 28.9 Å². The summed E-state index contributed by atoms with van der Waals surface area (Å²) in [4.78, 5) is 17.6. The Kier molecular flexibility index (Phi) is 12.0. The number of hydrogen-bond acceptors (Lipinski definition) is 6. The molecule has 2 aromatic rings. The summed E-state index contributed by atoms with van der Waals surface area (Å²) in [6.45, 7) is 18.4. The van der Waals surface area contributed by atoms with Gasteiger partial charge in [0.25, 0.3) is 0 Å². The maximum absolute atomic E-state index is 13.6. The van der Waals surface area contributed by atoms with Crippen molar-refractivity contribution in [3.8, 4) is 0 Å². The predicted molar refractivity (Wildman–Crippen MR) is 215 cm³/mol. The summed E-state index contributed by atoms with van der Waals surface area (Å²) in [6, 6.07) is 17.0. The molecule has 0 atom stereocenters. The van der Waals surface area contributed by atoms with Crippen LogP contribution in [0.5, 0.6) is 0 Å². The minimum Gasteiger partial charge on any atom is -0.748 e. The first-order chi connectivity index (χ1) is 24.9. The summed E-state index contributed by atoms with van der Waals surface area (Å²) >= 11 is 0. The number of anilines is 1. The van der Waals surface area contributed by atoms with Gasteiger partial charge >= 0.3 is 6.09 Å². The van der Waals surface area contributed by atoms with Gasteiger partial charge in [0.05, 0.1) is 21.2 Å². The molecule has 3 aliphatic rings. The fourth-order valence-electron chi connectivity index (χ4n) is 8.08. The highest BCUT2D eigenvalue weighted by molar-refractivity contribution is 7.85. The molecule has 5 rings (SSSR count). The van der Waals surface area contributed by atoms with E-state index >= 15 is 0 Å². The summed E-state index contributed by atoms with van der Waals surface area (Å²) in [5.41, 5.74) is 9.07. The second-order valence-electron chi connectivity index (χ2n) is 16.6. The van der Waals surface area contributed by atoms with Crippen molar-refractivity contribution < 1.29 is 27.1 Å². The van der Waals surface area contributed by atoms with Gasteiger partial charge in [-0.25, -0.2) is 13.2 Å². The summed E-state index contributed by atoms with van der Waals surface area (Å²) in [7, 11) is -2.47. The third-order valence-corrected chi connectivity index (χ3v) is 11.6. The van der Waals surface area contributed by atoms with Crippen molar-refractivity contribution in [2.24, 2.45) is 0 Å². The van der Waals surface area contributed by atoms with Crippen LogP contribution >= 0.6 is 0 Å². The lowest BCUT2D eigenvalue weighted by molar-refractivity contribution is -0.438. The number of unbranched alkanes of at least 4 members (excludes halogenated alkanes) is 3. The molecule has 1 amide bonds. The van der Waals surface area contributed by atoms with Crippen molar-refractivity contribution in [2.45, 2.75) is 117 Å². The van der Waals surface area contributed by atoms with Crippen LogP contribution in [0.3, 0.4) is 0 Å². The van der Waals surface area contributed by atoms with E-state index in [2.05, 4.69) is 105 Å². The van der Waals surface area contributed by atoms with Crippen LogP contribution in [-0.4, -0.2) is 65.7 Å². The molecule has 0 spiro atoms. The largest absolute Gasteiger partial charge is 0.748 e. The number of carbonyl (C=O) groups is 1. The first-order valence-electron chi connectivity index (χ1n) is 19.2. The molecular formula is C44H59N3O5S. The van der Waals surface area contributed by atoms with Gasteiger partial charge in [0, 0.05) is 60.3 Å². The van der Waals surface area contributed by atoms with Crippen LogP contribution < -0.4 is 4.90 Å². The minimum atomic E-state index is -4.27. The second-order valence-corrected chi connectivity index (χ2v) is 18.2. The van der Waals surface area contributed by atoms with E-state index in [9.17, 15) is 17.8 Å². The van der Waals surface area contributed by atoms with E-state index in [1.54, 1.807) is 11.9 Å². The van der Waals surface area contributed by atoms with Crippen LogP contribution in [0.1, 0.15) is 111 Å². The van der Waals surface area contributed by atoms with Gasteiger partial charge in [-0.05, 0) is 95.6 Å². The van der Waals surface area contributed by atoms with Crippen molar-refractivity contribution in [1.29, 1.82) is 0 Å². The Balaban J connectivity index is 1.57. The highest BCUT2D eigenvalue weighted by atomic mass is 32.2. The highest BCUT2D eigenvalue weighted by Gasteiger charge is 2.44. The number of carbonyl (C=O) groups excluding carboxylic acids is 1. The highest BCUT2D eigenvalue weighted by Crippen LogP contribution is 2.48. The van der Waals surface area contributed by atoms with Gasteiger partial charge in [0.1, 0.15) is 12.1 Å². The Hall–Kier alpha value is -3.95. The number of para-hydroxylation sites is 2. The Bertz CT molecular complexity index is 1970. The summed E-state index contributed by atoms with van der Waals surface area (Å²) in [5.74, 6) is -0.366. The Labute approximate surface area is 318 Å². The summed E-state index contributed by atoms with van der Waals surface area (Å²) < 4.78 is 42.3. The van der Waals surface area contributed by atoms with Gasteiger partial charge in [-0.15, -0.1) is 0 Å². The average Bonchev–Trinajstić information content (AvgIpc) is 3.65. The second kappa shape index (κ2) is 15.8. The molecule has 0 fully saturated rings. The lowest BCUT2D eigenvalue weighted by Crippen LogP contribution is -2.34. The zero-order chi connectivity index (χ0) is 38.8. The first-order valence-corrected chi connectivity index (χ1v) is 20.8. The fraction of sp³-hybridized carbons (Fsp3) is 0.500. The van der Waals surface area contributed by atoms with Crippen molar-refractivity contribution >= 4 is 33.3 Å². The van der Waals surface area contributed by atoms with E-state index < -0.39 is 21.8 Å². The molecular weight excluding hydrogens is 683 g/mol. The summed E-state index contributed by atoms with van der Waals surface area (Å²) in [6.07, 6.45) is 14.3. The van der Waals surface area contributed by atoms with E-state index in [0.29, 0.717) is 19.4 Å². The monoisotopic (exact) mass is 741 g/mol. The van der Waals surface area contributed by atoms with E-state index in [1.807, 2.05) is 32.9 Å². The van der Waals surface area contributed by atoms with Crippen molar-refractivity contribution in [2.75, 3.05) is 30.8 Å². The molecule has 0 bridgehead atoms. The molecule has 0 unspecified atom stereocenters. The van der Waals surface area contributed by atoms with Gasteiger partial charge in [-0.3, -0.25) is 4.90 Å². The Morgan fingerprint density at radius 3 is 2.28 bits per heavy atom. The Morgan fingerprint density at radius 1 is 0.925 bits per heavy atom. The molecule has 1 aliphatic carbocycles. The molecule has 2 aliphatic heterocycles. The van der Waals surface area contributed by atoms with Crippen LogP contribution in [0.15, 0.2) is 95.4 Å². The molecule has 2 aromatic carbocycles. The lowest BCUT2D eigenvalue weighted by Gasteiger charge is -2.28. The molecule has 2 heterocycles. The van der Waals surface area contributed by atoms with Gasteiger partial charge in [-0.2, -0.15) is 4.58 Å². The number of benzene rings is 2. The molecule has 0 N–H and O–H groups in total. The van der Waals surface area contributed by atoms with E-state index in [4.69, 9.17) is 4.74 Å². The Morgan fingerprint density at radius 2 is 1.60 bits per heavy atom. The van der Waals surface area contributed by atoms with Gasteiger partial charge in [0.2, 0.25) is 5.69 Å². The number of likely N-dealkylation sites (N-methyl/N-ethyl adjacent to an activating group) is 1. The molecule has 9 heteroatoms. The van der Waals surface area contributed by atoms with Crippen molar-refractivity contribution in [3.05, 3.63) is 107 Å². The normalized spacial score (nSPS) is 19.5. The van der Waals surface area contributed by atoms with Gasteiger partial charge in [-0.1, -0.05) is 75.7 Å². The fourth-order valence-corrected chi connectivity index (χ4v) is 8.64. The zero-order valence-corrected chi connectivity index (χ0v) is 34.1. The molecule has 0 radical (unpaired) electrons. The van der Waals surface area contributed by atoms with Crippen molar-refractivity contribution in [1.82, 2.24) is 4.90 Å². The number of nitrogens with zero attached hydrogens (tertiary/aromatic N) is 3. The standard InChI is InChI=1S/C44H59N3O5S/c1-10-11-16-29-46-36-21-14-12-19-34(36)43(5,6)38(46)27-25-32-23-24-33(40(32)45(9)41(48)52-42(2,3)4)26-28-39-44(7,8)35-20-13-15-22-37(35)47(39)30-17-18-31-53(49,50)51/h12-15,19-22,25-28H,10-11,16-18,23-24,29-31H2,1-9H3. The average molecular weight is 742 g/mol. The minimum absolute atomic E-state index is 0.177. The number of ether oxygens (including phenoxy) is 1. The molecule has 8 nitrogen and oxygen atoms in total. The number of hydrogen-bond donors (Lipinski definition) is 0. The maximum atomic E-state index is 13.6. The van der Waals surface area contributed by atoms with Crippen molar-refractivity contribution in [3.63, 3.8) is 0 Å². The predicted octanol–water partition coefficient (Wildman–Crippen LogP) is 9.66. The zero-order valence-electron chi connectivity index (χ0n) is 33.3. The topological polar surface area (TPSA) is 93.0 Å². The van der Waals surface area contributed by atoms with Crippen LogP contribution in [0.2, 0.25) is 0 Å². The number of allylic oxidation sites excluding steroid dienone is 7. The SMILES string of the molecule is CCCCC[N+]1=C(/C=C/C2=C(N(C)C(=O)OC(C)(C)C)C(=C/C=C3/N(CCCCS(=O)(=O)[O-])c4ccccc4C3(C)C)/CC2)C(C)(C)c2ccccc21. The van der Waals surface area contributed by atoms with E-state index in [0.717, 1.165) is 60.5 Å². The molecule has 0 saturated carbocycles. The van der Waals surface area contributed by atoms with Gasteiger partial charge in [0.15, 0.2) is 5.71 Å². The first kappa shape index (κ1) is 40.2.